The van der Waals surface area contributed by atoms with Gasteiger partial charge in [0.1, 0.15) is 18.0 Å². The molecule has 2 aromatic rings. The molecular formula is C17H16N2O5S. The van der Waals surface area contributed by atoms with Crippen molar-refractivity contribution in [2.24, 2.45) is 0 Å². The molecule has 1 aliphatic heterocycles. The fourth-order valence-electron chi connectivity index (χ4n) is 2.56. The molecule has 0 aliphatic carbocycles. The first-order valence-corrected chi connectivity index (χ1v) is 9.12. The van der Waals surface area contributed by atoms with Gasteiger partial charge in [0.2, 0.25) is 11.8 Å². The van der Waals surface area contributed by atoms with Crippen molar-refractivity contribution in [3.63, 3.8) is 0 Å². The lowest BCUT2D eigenvalue weighted by molar-refractivity contribution is -0.120. The molecule has 7 nitrogen and oxygen atoms in total. The summed E-state index contributed by atoms with van der Waals surface area (Å²) in [6, 6.07) is 12.6. The summed E-state index contributed by atoms with van der Waals surface area (Å²) in [5.74, 6) is -1.22. The average molecular weight is 360 g/mol. The van der Waals surface area contributed by atoms with E-state index < -0.39 is 21.5 Å². The van der Waals surface area contributed by atoms with Crippen LogP contribution in [0, 0.1) is 0 Å². The van der Waals surface area contributed by atoms with Gasteiger partial charge in [0.05, 0.1) is 23.4 Å². The molecule has 130 valence electrons. The highest BCUT2D eigenvalue weighted by Crippen LogP contribution is 2.29. The third-order valence-corrected chi connectivity index (χ3v) is 5.42. The summed E-state index contributed by atoms with van der Waals surface area (Å²) >= 11 is 0. The summed E-state index contributed by atoms with van der Waals surface area (Å²) < 4.78 is 30.0. The van der Waals surface area contributed by atoms with Crippen molar-refractivity contribution in [3.05, 3.63) is 48.5 Å². The highest BCUT2D eigenvalue weighted by atomic mass is 32.2. The summed E-state index contributed by atoms with van der Waals surface area (Å²) in [6.45, 7) is -0.214. The van der Waals surface area contributed by atoms with Crippen LogP contribution in [-0.2, 0) is 19.4 Å². The molecule has 0 saturated carbocycles. The molecule has 25 heavy (non-hydrogen) atoms. The number of amides is 2. The Morgan fingerprint density at radius 3 is 2.52 bits per heavy atom. The first-order valence-electron chi connectivity index (χ1n) is 7.47. The molecule has 0 radical (unpaired) electrons. The lowest BCUT2D eigenvalue weighted by Gasteiger charge is -2.29. The van der Waals surface area contributed by atoms with Gasteiger partial charge in [-0.2, -0.15) is 0 Å². The summed E-state index contributed by atoms with van der Waals surface area (Å²) in [5, 5.41) is 2.66. The van der Waals surface area contributed by atoms with E-state index in [0.29, 0.717) is 17.1 Å². The zero-order valence-corrected chi connectivity index (χ0v) is 14.2. The number of hydrogen-bond acceptors (Lipinski definition) is 5. The standard InChI is InChI=1S/C17H16N2O5S/c1-24-12-6-8-13(9-7-12)25(22,23)11-17(21)19-10-16(20)18-14-4-2-3-5-15(14)19/h2-9H,10-11H2,1H3,(H,18,20). The summed E-state index contributed by atoms with van der Waals surface area (Å²) in [7, 11) is -2.35. The highest BCUT2D eigenvalue weighted by molar-refractivity contribution is 7.92. The smallest absolute Gasteiger partial charge is 0.244 e. The number of fused-ring (bicyclic) bond motifs is 1. The number of carbonyl (C=O) groups excluding carboxylic acids is 2. The van der Waals surface area contributed by atoms with E-state index in [1.165, 1.54) is 36.3 Å². The number of nitrogens with zero attached hydrogens (tertiary/aromatic N) is 1. The largest absolute Gasteiger partial charge is 0.497 e. The molecule has 0 spiro atoms. The van der Waals surface area contributed by atoms with Gasteiger partial charge in [-0.1, -0.05) is 12.1 Å². The maximum atomic E-state index is 12.6. The molecule has 0 fully saturated rings. The van der Waals surface area contributed by atoms with Crippen LogP contribution in [0.3, 0.4) is 0 Å². The zero-order valence-electron chi connectivity index (χ0n) is 13.4. The minimum absolute atomic E-state index is 0.0244. The summed E-state index contributed by atoms with van der Waals surface area (Å²) in [4.78, 5) is 25.6. The Bertz CT molecular complexity index is 922. The summed E-state index contributed by atoms with van der Waals surface area (Å²) in [6.07, 6.45) is 0. The number of methoxy groups -OCH3 is 1. The van der Waals surface area contributed by atoms with Crippen LogP contribution in [0.15, 0.2) is 53.4 Å². The predicted molar refractivity (Wildman–Crippen MR) is 92.5 cm³/mol. The van der Waals surface area contributed by atoms with Gasteiger partial charge in [-0.05, 0) is 36.4 Å². The lowest BCUT2D eigenvalue weighted by atomic mass is 10.2. The topological polar surface area (TPSA) is 92.8 Å². The van der Waals surface area contributed by atoms with Gasteiger partial charge in [0, 0.05) is 0 Å². The van der Waals surface area contributed by atoms with E-state index in [-0.39, 0.29) is 17.3 Å². The van der Waals surface area contributed by atoms with E-state index in [4.69, 9.17) is 4.74 Å². The van der Waals surface area contributed by atoms with Crippen molar-refractivity contribution >= 4 is 33.0 Å². The molecule has 1 N–H and O–H groups in total. The number of sulfone groups is 1. The van der Waals surface area contributed by atoms with Crippen LogP contribution in [-0.4, -0.2) is 39.6 Å². The van der Waals surface area contributed by atoms with Crippen molar-refractivity contribution in [1.29, 1.82) is 0 Å². The third-order valence-electron chi connectivity index (χ3n) is 3.80. The molecule has 2 amide bonds. The second kappa shape index (κ2) is 6.56. The molecule has 1 heterocycles. The van der Waals surface area contributed by atoms with E-state index in [1.54, 1.807) is 24.3 Å². The fraction of sp³-hybridized carbons (Fsp3) is 0.176. The molecular weight excluding hydrogens is 344 g/mol. The lowest BCUT2D eigenvalue weighted by Crippen LogP contribution is -2.44. The SMILES string of the molecule is COc1ccc(S(=O)(=O)CC(=O)N2CC(=O)Nc3ccccc32)cc1. The van der Waals surface area contributed by atoms with Gasteiger partial charge >= 0.3 is 0 Å². The van der Waals surface area contributed by atoms with Crippen molar-refractivity contribution in [2.45, 2.75) is 4.90 Å². The average Bonchev–Trinajstić information content (AvgIpc) is 2.60. The Balaban J connectivity index is 1.85. The third kappa shape index (κ3) is 3.48. The minimum atomic E-state index is -3.83. The monoisotopic (exact) mass is 360 g/mol. The van der Waals surface area contributed by atoms with E-state index in [1.807, 2.05) is 0 Å². The van der Waals surface area contributed by atoms with E-state index in [2.05, 4.69) is 5.32 Å². The molecule has 0 bridgehead atoms. The van der Waals surface area contributed by atoms with Gasteiger partial charge in [-0.15, -0.1) is 0 Å². The van der Waals surface area contributed by atoms with Crippen molar-refractivity contribution in [2.75, 3.05) is 29.6 Å². The summed E-state index contributed by atoms with van der Waals surface area (Å²) in [5.41, 5.74) is 0.964. The Kier molecular flexibility index (Phi) is 4.45. The Morgan fingerprint density at radius 2 is 1.84 bits per heavy atom. The van der Waals surface area contributed by atoms with Gasteiger partial charge in [-0.3, -0.25) is 9.59 Å². The number of hydrogen-bond donors (Lipinski definition) is 1. The molecule has 0 atom stereocenters. The molecule has 3 rings (SSSR count). The van der Waals surface area contributed by atoms with Crippen molar-refractivity contribution < 1.29 is 22.7 Å². The minimum Gasteiger partial charge on any atom is -0.497 e. The van der Waals surface area contributed by atoms with Crippen LogP contribution in [0.2, 0.25) is 0 Å². The second-order valence-electron chi connectivity index (χ2n) is 5.48. The van der Waals surface area contributed by atoms with E-state index in [9.17, 15) is 18.0 Å². The Hall–Kier alpha value is -2.87. The second-order valence-corrected chi connectivity index (χ2v) is 7.47. The van der Waals surface area contributed by atoms with Gasteiger partial charge in [0.15, 0.2) is 9.84 Å². The van der Waals surface area contributed by atoms with E-state index in [0.717, 1.165) is 0 Å². The van der Waals surface area contributed by atoms with Crippen LogP contribution >= 0.6 is 0 Å². The Morgan fingerprint density at radius 1 is 1.16 bits per heavy atom. The van der Waals surface area contributed by atoms with Crippen LogP contribution in [0.1, 0.15) is 0 Å². The first kappa shape index (κ1) is 17.0. The predicted octanol–water partition coefficient (Wildman–Crippen LogP) is 1.45. The molecule has 0 saturated heterocycles. The van der Waals surface area contributed by atoms with Crippen molar-refractivity contribution in [1.82, 2.24) is 0 Å². The highest BCUT2D eigenvalue weighted by Gasteiger charge is 2.30. The first-order chi connectivity index (χ1) is 11.9. The zero-order chi connectivity index (χ0) is 18.0. The van der Waals surface area contributed by atoms with Gasteiger partial charge in [-0.25, -0.2) is 8.42 Å². The van der Waals surface area contributed by atoms with Gasteiger partial charge in [0.25, 0.3) is 0 Å². The number of carbonyl (C=O) groups is 2. The quantitative estimate of drug-likeness (QED) is 0.891. The van der Waals surface area contributed by atoms with Crippen molar-refractivity contribution in [3.8, 4) is 5.75 Å². The number of nitrogens with one attached hydrogen (secondary N) is 1. The normalized spacial score (nSPS) is 13.8. The number of ether oxygens (including phenoxy) is 1. The Labute approximate surface area is 145 Å². The molecule has 1 aliphatic rings. The molecule has 0 aromatic heterocycles. The maximum absolute atomic E-state index is 12.6. The van der Waals surface area contributed by atoms with E-state index >= 15 is 0 Å². The van der Waals surface area contributed by atoms with Gasteiger partial charge < -0.3 is 15.0 Å². The van der Waals surface area contributed by atoms with Crippen LogP contribution in [0.4, 0.5) is 11.4 Å². The number of anilines is 2. The van der Waals surface area contributed by atoms with Crippen LogP contribution < -0.4 is 15.0 Å². The van der Waals surface area contributed by atoms with Crippen LogP contribution in [0.25, 0.3) is 0 Å². The number of benzene rings is 2. The fourth-order valence-corrected chi connectivity index (χ4v) is 3.76. The molecule has 8 heteroatoms. The molecule has 2 aromatic carbocycles. The van der Waals surface area contributed by atoms with Crippen LogP contribution in [0.5, 0.6) is 5.75 Å². The maximum Gasteiger partial charge on any atom is 0.244 e. The molecule has 0 unspecified atom stereocenters. The number of para-hydroxylation sites is 2. The number of rotatable bonds is 4.